The third kappa shape index (κ3) is 3.23. The van der Waals surface area contributed by atoms with Gasteiger partial charge in [-0.25, -0.2) is 8.42 Å². The van der Waals surface area contributed by atoms with Crippen LogP contribution < -0.4 is 5.73 Å². The number of piperazine rings is 1. The molecule has 0 spiro atoms. The second-order valence-electron chi connectivity index (χ2n) is 5.10. The molecule has 0 radical (unpaired) electrons. The highest BCUT2D eigenvalue weighted by Crippen LogP contribution is 2.26. The van der Waals surface area contributed by atoms with Crippen LogP contribution in [0.5, 0.6) is 0 Å². The van der Waals surface area contributed by atoms with Crippen LogP contribution in [0, 0.1) is 0 Å². The number of hydrogen-bond acceptors (Lipinski definition) is 5. The molecule has 1 fully saturated rings. The highest BCUT2D eigenvalue weighted by Gasteiger charge is 2.32. The van der Waals surface area contributed by atoms with Crippen LogP contribution in [0.2, 0.25) is 0 Å². The minimum Gasteiger partial charge on any atom is -0.330 e. The van der Waals surface area contributed by atoms with Crippen LogP contribution in [-0.4, -0.2) is 56.4 Å². The predicted molar refractivity (Wildman–Crippen MR) is 82.5 cm³/mol. The second-order valence-corrected chi connectivity index (χ2v) is 8.43. The lowest BCUT2D eigenvalue weighted by Crippen LogP contribution is -2.53. The van der Waals surface area contributed by atoms with Crippen molar-refractivity contribution in [3.8, 4) is 0 Å². The number of thiophene rings is 1. The van der Waals surface area contributed by atoms with Crippen molar-refractivity contribution in [2.24, 2.45) is 5.73 Å². The van der Waals surface area contributed by atoms with Crippen LogP contribution in [0.15, 0.2) is 16.3 Å². The summed E-state index contributed by atoms with van der Waals surface area (Å²) >= 11 is 1.34. The van der Waals surface area contributed by atoms with Crippen molar-refractivity contribution in [1.29, 1.82) is 0 Å². The quantitative estimate of drug-likeness (QED) is 0.878. The largest absolute Gasteiger partial charge is 0.330 e. The summed E-state index contributed by atoms with van der Waals surface area (Å²) in [7, 11) is -3.34. The van der Waals surface area contributed by atoms with Gasteiger partial charge in [0.25, 0.3) is 10.0 Å². The average Bonchev–Trinajstić information content (AvgIpc) is 2.88. The van der Waals surface area contributed by atoms with Gasteiger partial charge in [-0.15, -0.1) is 11.3 Å². The normalized spacial score (nSPS) is 22.2. The fourth-order valence-corrected chi connectivity index (χ4v) is 5.59. The molecule has 1 atom stereocenters. The van der Waals surface area contributed by atoms with E-state index in [1.54, 1.807) is 10.4 Å². The van der Waals surface area contributed by atoms with Crippen LogP contribution in [-0.2, 0) is 16.4 Å². The molecule has 1 saturated heterocycles. The summed E-state index contributed by atoms with van der Waals surface area (Å²) < 4.78 is 27.3. The molecular formula is C13H23N3O2S2. The Balaban J connectivity index is 2.14. The van der Waals surface area contributed by atoms with Crippen molar-refractivity contribution < 1.29 is 8.42 Å². The van der Waals surface area contributed by atoms with Gasteiger partial charge in [0.2, 0.25) is 0 Å². The van der Waals surface area contributed by atoms with Crippen LogP contribution in [0.3, 0.4) is 0 Å². The van der Waals surface area contributed by atoms with Crippen LogP contribution in [0.1, 0.15) is 18.7 Å². The summed E-state index contributed by atoms with van der Waals surface area (Å²) in [5, 5.41) is 0. The molecule has 2 heterocycles. The minimum absolute atomic E-state index is 0.270. The van der Waals surface area contributed by atoms with Crippen molar-refractivity contribution in [2.75, 3.05) is 32.7 Å². The first-order valence-corrected chi connectivity index (χ1v) is 9.27. The van der Waals surface area contributed by atoms with E-state index in [4.69, 9.17) is 5.73 Å². The van der Waals surface area contributed by atoms with E-state index < -0.39 is 10.0 Å². The molecule has 1 aromatic heterocycles. The van der Waals surface area contributed by atoms with E-state index in [0.29, 0.717) is 23.8 Å². The fourth-order valence-electron chi connectivity index (χ4n) is 2.55. The van der Waals surface area contributed by atoms with Gasteiger partial charge in [-0.3, -0.25) is 4.90 Å². The monoisotopic (exact) mass is 317 g/mol. The maximum absolute atomic E-state index is 12.6. The minimum atomic E-state index is -3.34. The van der Waals surface area contributed by atoms with Gasteiger partial charge in [0.05, 0.1) is 0 Å². The van der Waals surface area contributed by atoms with E-state index in [2.05, 4.69) is 18.7 Å². The molecule has 2 rings (SSSR count). The molecule has 0 saturated carbocycles. The molecule has 2 N–H and O–H groups in total. The van der Waals surface area contributed by atoms with E-state index in [-0.39, 0.29) is 6.04 Å². The van der Waals surface area contributed by atoms with E-state index in [0.717, 1.165) is 24.4 Å². The summed E-state index contributed by atoms with van der Waals surface area (Å²) in [5.41, 5.74) is 5.51. The molecule has 0 amide bonds. The number of nitrogens with two attached hydrogens (primary N) is 1. The first kappa shape index (κ1) is 15.9. The molecule has 114 valence electrons. The highest BCUT2D eigenvalue weighted by atomic mass is 32.2. The van der Waals surface area contributed by atoms with Crippen molar-refractivity contribution in [1.82, 2.24) is 9.21 Å². The van der Waals surface area contributed by atoms with Gasteiger partial charge < -0.3 is 5.73 Å². The van der Waals surface area contributed by atoms with E-state index in [1.165, 1.54) is 11.3 Å². The average molecular weight is 317 g/mol. The zero-order valence-electron chi connectivity index (χ0n) is 12.1. The third-order valence-electron chi connectivity index (χ3n) is 3.76. The summed E-state index contributed by atoms with van der Waals surface area (Å²) in [4.78, 5) is 3.34. The lowest BCUT2D eigenvalue weighted by Gasteiger charge is -2.38. The summed E-state index contributed by atoms with van der Waals surface area (Å²) in [6.45, 7) is 7.66. The van der Waals surface area contributed by atoms with Gasteiger partial charge in [0, 0.05) is 30.6 Å². The summed E-state index contributed by atoms with van der Waals surface area (Å²) in [6.07, 6.45) is 0.736. The second kappa shape index (κ2) is 6.53. The number of nitrogens with zero attached hydrogens (tertiary/aromatic N) is 2. The van der Waals surface area contributed by atoms with Crippen molar-refractivity contribution >= 4 is 21.4 Å². The van der Waals surface area contributed by atoms with Crippen LogP contribution >= 0.6 is 11.3 Å². The molecule has 1 aliphatic rings. The van der Waals surface area contributed by atoms with Gasteiger partial charge >= 0.3 is 0 Å². The van der Waals surface area contributed by atoms with Crippen molar-refractivity contribution in [3.05, 3.63) is 17.0 Å². The molecule has 5 nitrogen and oxygen atoms in total. The van der Waals surface area contributed by atoms with E-state index >= 15 is 0 Å². The number of hydrogen-bond donors (Lipinski definition) is 1. The maximum atomic E-state index is 12.6. The molecule has 0 aliphatic carbocycles. The summed E-state index contributed by atoms with van der Waals surface area (Å²) in [6, 6.07) is 3.85. The lowest BCUT2D eigenvalue weighted by molar-refractivity contribution is 0.136. The first-order chi connectivity index (χ1) is 9.48. The number of likely N-dealkylation sites (N-methyl/N-ethyl adjacent to an activating group) is 1. The molecule has 1 aliphatic heterocycles. The van der Waals surface area contributed by atoms with Gasteiger partial charge in [0.15, 0.2) is 0 Å². The van der Waals surface area contributed by atoms with Crippen molar-refractivity contribution in [3.63, 3.8) is 0 Å². The Morgan fingerprint density at radius 1 is 1.40 bits per heavy atom. The first-order valence-electron chi connectivity index (χ1n) is 7.02. The third-order valence-corrected chi connectivity index (χ3v) is 7.23. The zero-order chi connectivity index (χ0) is 14.8. The fraction of sp³-hybridized carbons (Fsp3) is 0.692. The Morgan fingerprint density at radius 2 is 2.15 bits per heavy atom. The molecule has 1 aromatic rings. The molecule has 1 unspecified atom stereocenters. The molecule has 0 aromatic carbocycles. The topological polar surface area (TPSA) is 66.6 Å². The predicted octanol–water partition coefficient (Wildman–Crippen LogP) is 0.964. The highest BCUT2D eigenvalue weighted by molar-refractivity contribution is 7.91. The zero-order valence-corrected chi connectivity index (χ0v) is 13.7. The standard InChI is InChI=1S/C13H23N3O2S2/c1-3-15-8-9-16(10-11(15)2)20(17,18)13-5-4-12(19-13)6-7-14/h4-5,11H,3,6-10,14H2,1-2H3. The van der Waals surface area contributed by atoms with Crippen LogP contribution in [0.25, 0.3) is 0 Å². The van der Waals surface area contributed by atoms with Gasteiger partial charge in [-0.05, 0) is 38.6 Å². The lowest BCUT2D eigenvalue weighted by atomic mass is 10.2. The SMILES string of the molecule is CCN1CCN(S(=O)(=O)c2ccc(CCN)s2)CC1C. The Morgan fingerprint density at radius 3 is 2.75 bits per heavy atom. The van der Waals surface area contributed by atoms with Crippen molar-refractivity contribution in [2.45, 2.75) is 30.5 Å². The molecule has 0 bridgehead atoms. The van der Waals surface area contributed by atoms with Gasteiger partial charge in [-0.2, -0.15) is 4.31 Å². The van der Waals surface area contributed by atoms with E-state index in [1.807, 2.05) is 6.07 Å². The number of sulfonamides is 1. The van der Waals surface area contributed by atoms with E-state index in [9.17, 15) is 8.42 Å². The van der Waals surface area contributed by atoms with Crippen LogP contribution in [0.4, 0.5) is 0 Å². The van der Waals surface area contributed by atoms with Gasteiger partial charge in [0.1, 0.15) is 4.21 Å². The van der Waals surface area contributed by atoms with Gasteiger partial charge in [-0.1, -0.05) is 6.92 Å². The molecule has 20 heavy (non-hydrogen) atoms. The summed E-state index contributed by atoms with van der Waals surface area (Å²) in [5.74, 6) is 0. The Kier molecular flexibility index (Phi) is 5.19. The maximum Gasteiger partial charge on any atom is 0.252 e. The smallest absolute Gasteiger partial charge is 0.252 e. The molecular weight excluding hydrogens is 294 g/mol. The Labute approximate surface area is 125 Å². The Bertz CT molecular complexity index is 542. The number of rotatable bonds is 5. The Hall–Kier alpha value is -0.470. The molecule has 7 heteroatoms.